The van der Waals surface area contributed by atoms with E-state index in [0.717, 1.165) is 21.3 Å². The third-order valence-electron chi connectivity index (χ3n) is 2.71. The van der Waals surface area contributed by atoms with Crippen LogP contribution in [-0.4, -0.2) is 7.11 Å². The number of rotatable bonds is 4. The summed E-state index contributed by atoms with van der Waals surface area (Å²) in [6.45, 7) is 2.25. The molecule has 0 aromatic heterocycles. The molecule has 0 bridgehead atoms. The summed E-state index contributed by atoms with van der Waals surface area (Å²) in [5.74, 6) is 0.578. The first kappa shape index (κ1) is 13.9. The fourth-order valence-electron chi connectivity index (χ4n) is 1.76. The van der Waals surface area contributed by atoms with Crippen molar-refractivity contribution < 1.29 is 13.9 Å². The van der Waals surface area contributed by atoms with Crippen molar-refractivity contribution in [1.82, 2.24) is 0 Å². The Morgan fingerprint density at radius 2 is 1.89 bits per heavy atom. The molecule has 0 saturated heterocycles. The summed E-state index contributed by atoms with van der Waals surface area (Å²) in [7, 11) is 1.61. The Bertz CT molecular complexity index is 584. The molecule has 19 heavy (non-hydrogen) atoms. The van der Waals surface area contributed by atoms with Gasteiger partial charge in [0.25, 0.3) is 0 Å². The number of hydrogen-bond donors (Lipinski definition) is 0. The van der Waals surface area contributed by atoms with Crippen LogP contribution in [0.2, 0.25) is 0 Å². The van der Waals surface area contributed by atoms with Gasteiger partial charge in [-0.15, -0.1) is 0 Å². The summed E-state index contributed by atoms with van der Waals surface area (Å²) in [4.78, 5) is 0. The second-order valence-corrected chi connectivity index (χ2v) is 5.09. The number of methoxy groups -OCH3 is 1. The first-order chi connectivity index (χ1) is 9.10. The van der Waals surface area contributed by atoms with Crippen LogP contribution in [0.15, 0.2) is 40.9 Å². The van der Waals surface area contributed by atoms with Gasteiger partial charge in [0.15, 0.2) is 11.6 Å². The van der Waals surface area contributed by atoms with E-state index < -0.39 is 0 Å². The molecule has 0 aliphatic rings. The zero-order valence-electron chi connectivity index (χ0n) is 10.7. The predicted molar refractivity (Wildman–Crippen MR) is 76.2 cm³/mol. The highest BCUT2D eigenvalue weighted by molar-refractivity contribution is 9.10. The van der Waals surface area contributed by atoms with Crippen molar-refractivity contribution in [2.75, 3.05) is 7.11 Å². The highest BCUT2D eigenvalue weighted by atomic mass is 79.9. The molecule has 0 aliphatic heterocycles. The van der Waals surface area contributed by atoms with Crippen LogP contribution in [0, 0.1) is 12.7 Å². The first-order valence-electron chi connectivity index (χ1n) is 5.81. The Kier molecular flexibility index (Phi) is 4.43. The van der Waals surface area contributed by atoms with Gasteiger partial charge in [0.1, 0.15) is 12.4 Å². The molecule has 0 aliphatic carbocycles. The molecule has 4 heteroatoms. The van der Waals surface area contributed by atoms with Gasteiger partial charge >= 0.3 is 0 Å². The molecule has 0 radical (unpaired) electrons. The molecule has 0 saturated carbocycles. The molecule has 0 spiro atoms. The standard InChI is InChI=1S/C15H14BrFO2/c1-10-3-6-14(18-2)11(7-10)9-19-15-8-12(16)4-5-13(15)17/h3-8H,9H2,1-2H3. The van der Waals surface area contributed by atoms with Crippen molar-refractivity contribution in [3.63, 3.8) is 0 Å². The van der Waals surface area contributed by atoms with E-state index in [4.69, 9.17) is 9.47 Å². The van der Waals surface area contributed by atoms with Crippen LogP contribution in [0.5, 0.6) is 11.5 Å². The topological polar surface area (TPSA) is 18.5 Å². The maximum absolute atomic E-state index is 13.6. The van der Waals surface area contributed by atoms with Crippen LogP contribution in [0.4, 0.5) is 4.39 Å². The molecule has 0 atom stereocenters. The number of benzene rings is 2. The van der Waals surface area contributed by atoms with Gasteiger partial charge in [-0.25, -0.2) is 4.39 Å². The lowest BCUT2D eigenvalue weighted by molar-refractivity contribution is 0.282. The van der Waals surface area contributed by atoms with Crippen LogP contribution in [-0.2, 0) is 6.61 Å². The van der Waals surface area contributed by atoms with Gasteiger partial charge in [0.05, 0.1) is 7.11 Å². The van der Waals surface area contributed by atoms with Gasteiger partial charge in [0, 0.05) is 10.0 Å². The minimum absolute atomic E-state index is 0.220. The van der Waals surface area contributed by atoms with Crippen LogP contribution in [0.1, 0.15) is 11.1 Å². The molecule has 2 aromatic rings. The number of halogens is 2. The fraction of sp³-hybridized carbons (Fsp3) is 0.200. The molecule has 100 valence electrons. The lowest BCUT2D eigenvalue weighted by Gasteiger charge is -2.11. The number of aryl methyl sites for hydroxylation is 1. The fourth-order valence-corrected chi connectivity index (χ4v) is 2.10. The third kappa shape index (κ3) is 3.47. The van der Waals surface area contributed by atoms with Crippen molar-refractivity contribution in [1.29, 1.82) is 0 Å². The lowest BCUT2D eigenvalue weighted by Crippen LogP contribution is -2.00. The molecule has 0 amide bonds. The van der Waals surface area contributed by atoms with Gasteiger partial charge in [-0.1, -0.05) is 27.6 Å². The maximum Gasteiger partial charge on any atom is 0.165 e. The lowest BCUT2D eigenvalue weighted by atomic mass is 10.1. The van der Waals surface area contributed by atoms with Gasteiger partial charge < -0.3 is 9.47 Å². The largest absolute Gasteiger partial charge is 0.496 e. The van der Waals surface area contributed by atoms with Crippen molar-refractivity contribution in [2.24, 2.45) is 0 Å². The van der Waals surface area contributed by atoms with E-state index in [1.165, 1.54) is 6.07 Å². The summed E-state index contributed by atoms with van der Waals surface area (Å²) in [6, 6.07) is 10.4. The van der Waals surface area contributed by atoms with Crippen LogP contribution < -0.4 is 9.47 Å². The molecule has 2 nitrogen and oxygen atoms in total. The van der Waals surface area contributed by atoms with Crippen molar-refractivity contribution in [3.05, 3.63) is 57.8 Å². The van der Waals surface area contributed by atoms with E-state index in [2.05, 4.69) is 15.9 Å². The highest BCUT2D eigenvalue weighted by Gasteiger charge is 2.07. The number of ether oxygens (including phenoxy) is 2. The third-order valence-corrected chi connectivity index (χ3v) is 3.21. The number of hydrogen-bond acceptors (Lipinski definition) is 2. The average molecular weight is 325 g/mol. The zero-order chi connectivity index (χ0) is 13.8. The molecular formula is C15H14BrFO2. The molecule has 2 rings (SSSR count). The highest BCUT2D eigenvalue weighted by Crippen LogP contribution is 2.25. The van der Waals surface area contributed by atoms with Gasteiger partial charge in [-0.05, 0) is 37.3 Å². The predicted octanol–water partition coefficient (Wildman–Crippen LogP) is 4.48. The Labute approximate surface area is 120 Å². The zero-order valence-corrected chi connectivity index (χ0v) is 12.3. The summed E-state index contributed by atoms with van der Waals surface area (Å²) >= 11 is 3.29. The minimum atomic E-state index is -0.380. The summed E-state index contributed by atoms with van der Waals surface area (Å²) in [5.41, 5.74) is 2.00. The minimum Gasteiger partial charge on any atom is -0.496 e. The van der Waals surface area contributed by atoms with E-state index in [9.17, 15) is 4.39 Å². The Balaban J connectivity index is 2.18. The molecule has 0 fully saturated rings. The summed E-state index contributed by atoms with van der Waals surface area (Å²) in [5, 5.41) is 0. The first-order valence-corrected chi connectivity index (χ1v) is 6.61. The quantitative estimate of drug-likeness (QED) is 0.825. The smallest absolute Gasteiger partial charge is 0.165 e. The van der Waals surface area contributed by atoms with E-state index in [0.29, 0.717) is 0 Å². The Morgan fingerprint density at radius 1 is 1.11 bits per heavy atom. The second kappa shape index (κ2) is 6.06. The molecule has 2 aromatic carbocycles. The summed E-state index contributed by atoms with van der Waals surface area (Å²) in [6.07, 6.45) is 0. The van der Waals surface area contributed by atoms with Crippen LogP contribution in [0.3, 0.4) is 0 Å². The van der Waals surface area contributed by atoms with E-state index in [1.807, 2.05) is 25.1 Å². The maximum atomic E-state index is 13.6. The Morgan fingerprint density at radius 3 is 2.63 bits per heavy atom. The van der Waals surface area contributed by atoms with E-state index >= 15 is 0 Å². The van der Waals surface area contributed by atoms with Gasteiger partial charge in [-0.2, -0.15) is 0 Å². The summed E-state index contributed by atoms with van der Waals surface area (Å²) < 4.78 is 25.1. The SMILES string of the molecule is COc1ccc(C)cc1COc1cc(Br)ccc1F. The van der Waals surface area contributed by atoms with Crippen LogP contribution in [0.25, 0.3) is 0 Å². The van der Waals surface area contributed by atoms with Crippen molar-refractivity contribution in [3.8, 4) is 11.5 Å². The van der Waals surface area contributed by atoms with Crippen molar-refractivity contribution in [2.45, 2.75) is 13.5 Å². The normalized spacial score (nSPS) is 10.3. The molecule has 0 unspecified atom stereocenters. The molecule has 0 heterocycles. The molecular weight excluding hydrogens is 311 g/mol. The van der Waals surface area contributed by atoms with Crippen LogP contribution >= 0.6 is 15.9 Å². The molecule has 0 N–H and O–H groups in total. The van der Waals surface area contributed by atoms with Gasteiger partial charge in [-0.3, -0.25) is 0 Å². The van der Waals surface area contributed by atoms with Crippen molar-refractivity contribution >= 4 is 15.9 Å². The monoisotopic (exact) mass is 324 g/mol. The Hall–Kier alpha value is -1.55. The van der Waals surface area contributed by atoms with Gasteiger partial charge in [0.2, 0.25) is 0 Å². The second-order valence-electron chi connectivity index (χ2n) is 4.18. The van der Waals surface area contributed by atoms with E-state index in [1.54, 1.807) is 19.2 Å². The van der Waals surface area contributed by atoms with E-state index in [-0.39, 0.29) is 18.2 Å². The average Bonchev–Trinajstić information content (AvgIpc) is 2.40.